The van der Waals surface area contributed by atoms with Gasteiger partial charge >= 0.3 is 5.97 Å². The van der Waals surface area contributed by atoms with Gasteiger partial charge in [0.05, 0.1) is 53.8 Å². The lowest BCUT2D eigenvalue weighted by Crippen LogP contribution is -2.33. The van der Waals surface area contributed by atoms with Gasteiger partial charge in [0.2, 0.25) is 5.91 Å². The second kappa shape index (κ2) is 12.9. The minimum Gasteiger partial charge on any atom is -0.469 e. The molecule has 0 spiro atoms. The summed E-state index contributed by atoms with van der Waals surface area (Å²) in [5, 5.41) is 21.1. The van der Waals surface area contributed by atoms with Crippen LogP contribution in [0.5, 0.6) is 0 Å². The highest BCUT2D eigenvalue weighted by Gasteiger charge is 2.27. The predicted molar refractivity (Wildman–Crippen MR) is 162 cm³/mol. The number of carbonyl (C=O) groups is 3. The number of hydrogen-bond donors (Lipinski definition) is 3. The molecule has 12 heteroatoms. The lowest BCUT2D eigenvalue weighted by atomic mass is 9.93. The molecule has 0 saturated carbocycles. The summed E-state index contributed by atoms with van der Waals surface area (Å²) in [6.45, 7) is 3.35. The smallest absolute Gasteiger partial charge is 0.309 e. The summed E-state index contributed by atoms with van der Waals surface area (Å²) in [4.78, 5) is 43.1. The largest absolute Gasteiger partial charge is 0.469 e. The maximum atomic E-state index is 14.7. The van der Waals surface area contributed by atoms with E-state index in [2.05, 4.69) is 20.7 Å². The van der Waals surface area contributed by atoms with Crippen LogP contribution in [-0.2, 0) is 20.7 Å². The van der Waals surface area contributed by atoms with Crippen molar-refractivity contribution >= 4 is 35.1 Å². The van der Waals surface area contributed by atoms with Crippen LogP contribution in [0.4, 0.5) is 10.1 Å². The fraction of sp³-hybridized carbons (Fsp3) is 0.281. The number of fused-ring (bicyclic) bond motifs is 4. The van der Waals surface area contributed by atoms with E-state index in [1.54, 1.807) is 56.4 Å². The predicted octanol–water partition coefficient (Wildman–Crippen LogP) is 4.95. The Labute approximate surface area is 258 Å². The molecular formula is C32H31ClFN5O5. The van der Waals surface area contributed by atoms with E-state index in [1.165, 1.54) is 30.1 Å². The molecule has 228 valence electrons. The highest BCUT2D eigenvalue weighted by Crippen LogP contribution is 2.33. The van der Waals surface area contributed by atoms with Gasteiger partial charge in [-0.05, 0) is 61.2 Å². The number of rotatable bonds is 5. The van der Waals surface area contributed by atoms with Crippen LogP contribution in [0.1, 0.15) is 53.1 Å². The van der Waals surface area contributed by atoms with Gasteiger partial charge in [0.25, 0.3) is 5.91 Å². The molecule has 1 aliphatic heterocycles. The summed E-state index contributed by atoms with van der Waals surface area (Å²) in [7, 11) is 1.31. The first-order valence-corrected chi connectivity index (χ1v) is 14.4. The first kappa shape index (κ1) is 30.8. The SMILES string of the molecule is COC(=O)Cc1ccc2c(c1)NC(=O)[C@H](C)C[C@H](O)C[C@H](NC(=O)c1cnn(-c3cccc(Cl)c3F)c1C)c1cc-2ccn1. The zero-order valence-electron chi connectivity index (χ0n) is 24.3. The number of aliphatic hydroxyl groups excluding tert-OH is 1. The third kappa shape index (κ3) is 6.48. The zero-order chi connectivity index (χ0) is 31.5. The van der Waals surface area contributed by atoms with E-state index in [1.807, 2.05) is 0 Å². The Kier molecular flexibility index (Phi) is 9.07. The summed E-state index contributed by atoms with van der Waals surface area (Å²) in [6, 6.07) is 12.6. The van der Waals surface area contributed by atoms with Gasteiger partial charge in [-0.2, -0.15) is 5.10 Å². The number of aliphatic hydroxyl groups is 1. The van der Waals surface area contributed by atoms with Crippen LogP contribution in [0, 0.1) is 18.7 Å². The second-order valence-corrected chi connectivity index (χ2v) is 11.2. The molecule has 5 rings (SSSR count). The summed E-state index contributed by atoms with van der Waals surface area (Å²) < 4.78 is 20.8. The molecule has 2 amide bonds. The van der Waals surface area contributed by atoms with Crippen molar-refractivity contribution in [1.82, 2.24) is 20.1 Å². The molecular weight excluding hydrogens is 589 g/mol. The average molecular weight is 620 g/mol. The number of benzene rings is 2. The molecule has 0 radical (unpaired) electrons. The van der Waals surface area contributed by atoms with Crippen LogP contribution >= 0.6 is 11.6 Å². The number of halogens is 2. The number of aromatic nitrogens is 3. The average Bonchev–Trinajstić information content (AvgIpc) is 3.38. The molecule has 0 saturated heterocycles. The van der Waals surface area contributed by atoms with Crippen molar-refractivity contribution in [2.45, 2.75) is 45.3 Å². The number of methoxy groups -OCH3 is 1. The molecule has 3 atom stereocenters. The number of amides is 2. The first-order chi connectivity index (χ1) is 21.0. The second-order valence-electron chi connectivity index (χ2n) is 10.8. The van der Waals surface area contributed by atoms with Crippen LogP contribution in [-0.4, -0.2) is 50.9 Å². The van der Waals surface area contributed by atoms with E-state index < -0.39 is 35.8 Å². The zero-order valence-corrected chi connectivity index (χ0v) is 25.1. The maximum absolute atomic E-state index is 14.7. The third-order valence-corrected chi connectivity index (χ3v) is 7.96. The topological polar surface area (TPSA) is 135 Å². The third-order valence-electron chi connectivity index (χ3n) is 7.67. The molecule has 2 aromatic carbocycles. The van der Waals surface area contributed by atoms with Crippen molar-refractivity contribution in [3.63, 3.8) is 0 Å². The molecule has 3 N–H and O–H groups in total. The van der Waals surface area contributed by atoms with Gasteiger partial charge in [0.15, 0.2) is 5.82 Å². The molecule has 2 aromatic heterocycles. The molecule has 1 aliphatic rings. The van der Waals surface area contributed by atoms with Crippen molar-refractivity contribution in [3.05, 3.63) is 94.3 Å². The minimum absolute atomic E-state index is 0.0313. The van der Waals surface area contributed by atoms with Gasteiger partial charge in [-0.1, -0.05) is 36.7 Å². The molecule has 2 bridgehead atoms. The number of carbonyl (C=O) groups excluding carboxylic acids is 3. The van der Waals surface area contributed by atoms with E-state index in [0.717, 1.165) is 0 Å². The molecule has 0 aliphatic carbocycles. The highest BCUT2D eigenvalue weighted by molar-refractivity contribution is 6.30. The Morgan fingerprint density at radius 1 is 1.20 bits per heavy atom. The van der Waals surface area contributed by atoms with Crippen LogP contribution in [0.25, 0.3) is 16.8 Å². The molecule has 44 heavy (non-hydrogen) atoms. The molecule has 0 fully saturated rings. The Bertz CT molecular complexity index is 1740. The number of nitrogens with zero attached hydrogens (tertiary/aromatic N) is 3. The Morgan fingerprint density at radius 3 is 2.77 bits per heavy atom. The number of anilines is 1. The monoisotopic (exact) mass is 619 g/mol. The van der Waals surface area contributed by atoms with Crippen LogP contribution in [0.15, 0.2) is 60.9 Å². The van der Waals surface area contributed by atoms with E-state index in [9.17, 15) is 23.9 Å². The van der Waals surface area contributed by atoms with Gasteiger partial charge in [-0.15, -0.1) is 0 Å². The van der Waals surface area contributed by atoms with Gasteiger partial charge in [0, 0.05) is 23.4 Å². The summed E-state index contributed by atoms with van der Waals surface area (Å²) in [6.07, 6.45) is 2.21. The van der Waals surface area contributed by atoms with Crippen LogP contribution in [0.3, 0.4) is 0 Å². The van der Waals surface area contributed by atoms with Gasteiger partial charge < -0.3 is 20.5 Å². The van der Waals surface area contributed by atoms with Crippen molar-refractivity contribution in [2.75, 3.05) is 12.4 Å². The number of nitrogens with one attached hydrogen (secondary N) is 2. The van der Waals surface area contributed by atoms with E-state index in [-0.39, 0.29) is 41.4 Å². The fourth-order valence-corrected chi connectivity index (χ4v) is 5.43. The standard InChI is InChI=1S/C32H31ClFN5O5/c1-17-11-21(40)15-27(38-32(43)23-16-36-39(18(23)2)28-6-4-5-24(33)30(28)34)26-14-20(9-10-35-26)22-8-7-19(13-29(41)44-3)12-25(22)37-31(17)42/h4-10,12,14,16-17,21,27,40H,11,13,15H2,1-3H3,(H,37,42)(H,38,43)/t17-,21+,27+/m1/s1. The maximum Gasteiger partial charge on any atom is 0.309 e. The number of ether oxygens (including phenoxy) is 1. The quantitative estimate of drug-likeness (QED) is 0.269. The summed E-state index contributed by atoms with van der Waals surface area (Å²) in [5.74, 6) is -2.44. The number of pyridine rings is 1. The van der Waals surface area contributed by atoms with Gasteiger partial charge in [-0.25, -0.2) is 9.07 Å². The van der Waals surface area contributed by atoms with E-state index in [4.69, 9.17) is 16.3 Å². The lowest BCUT2D eigenvalue weighted by Gasteiger charge is -2.25. The van der Waals surface area contributed by atoms with E-state index >= 15 is 0 Å². The number of esters is 1. The van der Waals surface area contributed by atoms with Crippen molar-refractivity contribution in [1.29, 1.82) is 0 Å². The molecule has 4 aromatic rings. The van der Waals surface area contributed by atoms with E-state index in [0.29, 0.717) is 33.8 Å². The number of hydrogen-bond acceptors (Lipinski definition) is 7. The van der Waals surface area contributed by atoms with Crippen molar-refractivity contribution in [3.8, 4) is 16.8 Å². The first-order valence-electron chi connectivity index (χ1n) is 14.0. The van der Waals surface area contributed by atoms with Crippen molar-refractivity contribution < 1.29 is 28.6 Å². The fourth-order valence-electron chi connectivity index (χ4n) is 5.26. The van der Waals surface area contributed by atoms with Crippen LogP contribution < -0.4 is 10.6 Å². The summed E-state index contributed by atoms with van der Waals surface area (Å²) >= 11 is 5.95. The van der Waals surface area contributed by atoms with Crippen LogP contribution in [0.2, 0.25) is 5.02 Å². The summed E-state index contributed by atoms with van der Waals surface area (Å²) in [5.41, 5.74) is 3.73. The minimum atomic E-state index is -0.958. The van der Waals surface area contributed by atoms with Gasteiger partial charge in [0.1, 0.15) is 5.69 Å². The van der Waals surface area contributed by atoms with Crippen molar-refractivity contribution in [2.24, 2.45) is 5.92 Å². The highest BCUT2D eigenvalue weighted by atomic mass is 35.5. The Balaban J connectivity index is 1.51. The normalized spacial score (nSPS) is 18.3. The Morgan fingerprint density at radius 2 is 2.00 bits per heavy atom. The lowest BCUT2D eigenvalue weighted by molar-refractivity contribution is -0.139. The van der Waals surface area contributed by atoms with Gasteiger partial charge in [-0.3, -0.25) is 19.4 Å². The molecule has 3 heterocycles. The molecule has 0 unspecified atom stereocenters. The Hall–Kier alpha value is -4.61. The molecule has 10 nitrogen and oxygen atoms in total.